The van der Waals surface area contributed by atoms with Gasteiger partial charge in [-0.05, 0) is 49.2 Å². The number of ether oxygens (including phenoxy) is 1. The smallest absolute Gasteiger partial charge is 0.416 e. The number of carbonyl (C=O) groups excluding carboxylic acids is 2. The van der Waals surface area contributed by atoms with Gasteiger partial charge in [-0.1, -0.05) is 31.5 Å². The van der Waals surface area contributed by atoms with Gasteiger partial charge in [0.05, 0.1) is 24.6 Å². The van der Waals surface area contributed by atoms with Crippen molar-refractivity contribution in [1.82, 2.24) is 10.2 Å². The van der Waals surface area contributed by atoms with E-state index in [1.165, 1.54) is 25.0 Å². The predicted molar refractivity (Wildman–Crippen MR) is 135 cm³/mol. The number of nitrogens with one attached hydrogen (secondary N) is 1. The molecule has 0 saturated carbocycles. The first-order valence-corrected chi connectivity index (χ1v) is 13.5. The van der Waals surface area contributed by atoms with Gasteiger partial charge in [-0.3, -0.25) is 13.9 Å². The number of hydrogen-bond donors (Lipinski definition) is 1. The molecular weight excluding hydrogens is 511 g/mol. The summed E-state index contributed by atoms with van der Waals surface area (Å²) in [5, 5.41) is 2.75. The molecule has 2 aromatic carbocycles. The molecule has 8 nitrogen and oxygen atoms in total. The van der Waals surface area contributed by atoms with E-state index in [0.717, 1.165) is 31.2 Å². The summed E-state index contributed by atoms with van der Waals surface area (Å²) in [5.41, 5.74) is -0.715. The third-order valence-corrected chi connectivity index (χ3v) is 6.79. The average molecular weight is 544 g/mol. The average Bonchev–Trinajstić information content (AvgIpc) is 2.84. The zero-order valence-electron chi connectivity index (χ0n) is 21.2. The predicted octanol–water partition coefficient (Wildman–Crippen LogP) is 3.81. The maximum atomic E-state index is 13.5. The Labute approximate surface area is 215 Å². The molecular formula is C25H32F3N3O5S. The lowest BCUT2D eigenvalue weighted by molar-refractivity contribution is -0.139. The van der Waals surface area contributed by atoms with Crippen LogP contribution in [0, 0.1) is 0 Å². The van der Waals surface area contributed by atoms with Gasteiger partial charge < -0.3 is 15.0 Å². The van der Waals surface area contributed by atoms with Crippen molar-refractivity contribution in [3.05, 3.63) is 59.7 Å². The van der Waals surface area contributed by atoms with Crippen molar-refractivity contribution in [3.8, 4) is 5.75 Å². The summed E-state index contributed by atoms with van der Waals surface area (Å²) < 4.78 is 70.5. The molecule has 0 saturated heterocycles. The highest BCUT2D eigenvalue weighted by Gasteiger charge is 2.33. The van der Waals surface area contributed by atoms with Gasteiger partial charge in [0, 0.05) is 13.1 Å². The van der Waals surface area contributed by atoms with E-state index >= 15 is 0 Å². The summed E-state index contributed by atoms with van der Waals surface area (Å²) in [5.74, 6) is -0.600. The molecule has 0 aliphatic heterocycles. The van der Waals surface area contributed by atoms with Crippen molar-refractivity contribution in [1.29, 1.82) is 0 Å². The van der Waals surface area contributed by atoms with Crippen LogP contribution < -0.4 is 14.4 Å². The number of carbonyl (C=O) groups is 2. The van der Waals surface area contributed by atoms with Crippen LogP contribution in [0.5, 0.6) is 5.75 Å². The molecule has 2 aromatic rings. The summed E-state index contributed by atoms with van der Waals surface area (Å²) >= 11 is 0. The standard InChI is InChI=1S/C25H32F3N3O5S/c1-5-6-14-29-24(33)18(2)30(16-19-10-12-22(36-3)13-11-19)23(32)17-31(37(4,34)35)21-9-7-8-20(15-21)25(26,27)28/h7-13,15,18H,5-6,14,16-17H2,1-4H3,(H,29,33)/t18-/m1/s1. The van der Waals surface area contributed by atoms with Crippen LogP contribution in [0.25, 0.3) is 0 Å². The molecule has 1 N–H and O–H groups in total. The first kappa shape index (κ1) is 29.9. The molecule has 0 fully saturated rings. The SMILES string of the molecule is CCCCNC(=O)[C@@H](C)N(Cc1ccc(OC)cc1)C(=O)CN(c1cccc(C(F)(F)F)c1)S(C)(=O)=O. The largest absolute Gasteiger partial charge is 0.497 e. The van der Waals surface area contributed by atoms with E-state index in [2.05, 4.69) is 5.32 Å². The molecule has 0 heterocycles. The van der Waals surface area contributed by atoms with E-state index in [9.17, 15) is 31.2 Å². The number of amides is 2. The highest BCUT2D eigenvalue weighted by Crippen LogP contribution is 2.32. The fraction of sp³-hybridized carbons (Fsp3) is 0.440. The quantitative estimate of drug-likeness (QED) is 0.411. The number of alkyl halides is 3. The fourth-order valence-electron chi connectivity index (χ4n) is 3.50. The monoisotopic (exact) mass is 543 g/mol. The molecule has 204 valence electrons. The number of hydrogen-bond acceptors (Lipinski definition) is 5. The molecule has 0 aromatic heterocycles. The molecule has 0 unspecified atom stereocenters. The summed E-state index contributed by atoms with van der Waals surface area (Å²) in [6.07, 6.45) is -2.31. The minimum atomic E-state index is -4.70. The summed E-state index contributed by atoms with van der Waals surface area (Å²) in [7, 11) is -2.65. The Balaban J connectivity index is 2.40. The molecule has 0 bridgehead atoms. The maximum Gasteiger partial charge on any atom is 0.416 e. The van der Waals surface area contributed by atoms with Crippen molar-refractivity contribution in [2.24, 2.45) is 0 Å². The number of halogens is 3. The first-order valence-electron chi connectivity index (χ1n) is 11.6. The maximum absolute atomic E-state index is 13.5. The fourth-order valence-corrected chi connectivity index (χ4v) is 4.34. The number of sulfonamides is 1. The summed E-state index contributed by atoms with van der Waals surface area (Å²) in [6.45, 7) is 3.05. The molecule has 37 heavy (non-hydrogen) atoms. The number of methoxy groups -OCH3 is 1. The highest BCUT2D eigenvalue weighted by atomic mass is 32.2. The van der Waals surface area contributed by atoms with Gasteiger partial charge in [-0.15, -0.1) is 0 Å². The Morgan fingerprint density at radius 1 is 1.11 bits per heavy atom. The van der Waals surface area contributed by atoms with Gasteiger partial charge in [0.2, 0.25) is 21.8 Å². The second-order valence-corrected chi connectivity index (χ2v) is 10.4. The van der Waals surface area contributed by atoms with Gasteiger partial charge in [-0.2, -0.15) is 13.2 Å². The Morgan fingerprint density at radius 2 is 1.76 bits per heavy atom. The van der Waals surface area contributed by atoms with Crippen LogP contribution in [-0.2, 0) is 32.3 Å². The highest BCUT2D eigenvalue weighted by molar-refractivity contribution is 7.92. The minimum Gasteiger partial charge on any atom is -0.497 e. The summed E-state index contributed by atoms with van der Waals surface area (Å²) in [4.78, 5) is 27.4. The molecule has 0 aliphatic rings. The van der Waals surface area contributed by atoms with E-state index in [1.54, 1.807) is 24.3 Å². The Bertz CT molecular complexity index is 1170. The lowest BCUT2D eigenvalue weighted by Crippen LogP contribution is -2.51. The first-order chi connectivity index (χ1) is 17.3. The van der Waals surface area contributed by atoms with Crippen LogP contribution in [0.1, 0.15) is 37.8 Å². The van der Waals surface area contributed by atoms with Gasteiger partial charge in [0.1, 0.15) is 18.3 Å². The van der Waals surface area contributed by atoms with Crippen molar-refractivity contribution in [2.75, 3.05) is 30.8 Å². The van der Waals surface area contributed by atoms with Crippen molar-refractivity contribution < 1.29 is 35.9 Å². The van der Waals surface area contributed by atoms with E-state index in [1.807, 2.05) is 6.92 Å². The van der Waals surface area contributed by atoms with Crippen molar-refractivity contribution in [2.45, 2.75) is 45.5 Å². The molecule has 0 spiro atoms. The Hall–Kier alpha value is -3.28. The van der Waals surface area contributed by atoms with Gasteiger partial charge in [-0.25, -0.2) is 8.42 Å². The van der Waals surface area contributed by atoms with Crippen LogP contribution in [0.2, 0.25) is 0 Å². The topological polar surface area (TPSA) is 96.0 Å². The zero-order chi connectivity index (χ0) is 27.8. The molecule has 12 heteroatoms. The van der Waals surface area contributed by atoms with Crippen molar-refractivity contribution in [3.63, 3.8) is 0 Å². The second-order valence-electron chi connectivity index (χ2n) is 8.51. The Kier molecular flexibility index (Phi) is 10.4. The number of rotatable bonds is 12. The van der Waals surface area contributed by atoms with Gasteiger partial charge in [0.15, 0.2) is 0 Å². The Morgan fingerprint density at radius 3 is 2.30 bits per heavy atom. The van der Waals surface area contributed by atoms with Gasteiger partial charge >= 0.3 is 6.18 Å². The number of benzene rings is 2. The third kappa shape index (κ3) is 8.66. The van der Waals surface area contributed by atoms with Crippen LogP contribution >= 0.6 is 0 Å². The molecule has 2 rings (SSSR count). The normalized spacial score (nSPS) is 12.5. The molecule has 0 aliphatic carbocycles. The van der Waals surface area contributed by atoms with E-state index < -0.39 is 46.2 Å². The van der Waals surface area contributed by atoms with E-state index in [0.29, 0.717) is 28.2 Å². The zero-order valence-corrected chi connectivity index (χ0v) is 22.0. The van der Waals surface area contributed by atoms with E-state index in [-0.39, 0.29) is 12.2 Å². The molecule has 1 atom stereocenters. The second kappa shape index (κ2) is 12.8. The minimum absolute atomic E-state index is 0.0363. The lowest BCUT2D eigenvalue weighted by atomic mass is 10.1. The van der Waals surface area contributed by atoms with Crippen molar-refractivity contribution >= 4 is 27.5 Å². The number of nitrogens with zero attached hydrogens (tertiary/aromatic N) is 2. The van der Waals surface area contributed by atoms with Crippen LogP contribution in [0.4, 0.5) is 18.9 Å². The third-order valence-electron chi connectivity index (χ3n) is 5.65. The number of anilines is 1. The number of unbranched alkanes of at least 4 members (excludes halogenated alkanes) is 1. The lowest BCUT2D eigenvalue weighted by Gasteiger charge is -2.31. The van der Waals surface area contributed by atoms with Crippen LogP contribution in [0.3, 0.4) is 0 Å². The van der Waals surface area contributed by atoms with E-state index in [4.69, 9.17) is 4.74 Å². The van der Waals surface area contributed by atoms with Gasteiger partial charge in [0.25, 0.3) is 0 Å². The summed E-state index contributed by atoms with van der Waals surface area (Å²) in [6, 6.07) is 9.50. The molecule has 2 amide bonds. The van der Waals surface area contributed by atoms with Crippen LogP contribution in [0.15, 0.2) is 48.5 Å². The molecule has 0 radical (unpaired) electrons. The van der Waals surface area contributed by atoms with Crippen LogP contribution in [-0.4, -0.2) is 57.6 Å².